The van der Waals surface area contributed by atoms with Crippen LogP contribution < -0.4 is 0 Å². The Morgan fingerprint density at radius 2 is 1.87 bits per heavy atom. The summed E-state index contributed by atoms with van der Waals surface area (Å²) in [5.74, 6) is -0.347. The van der Waals surface area contributed by atoms with E-state index in [2.05, 4.69) is 0 Å². The first-order valence-electron chi connectivity index (χ1n) is 8.11. The predicted octanol–water partition coefficient (Wildman–Crippen LogP) is 2.19. The van der Waals surface area contributed by atoms with Crippen molar-refractivity contribution in [1.29, 1.82) is 0 Å². The highest BCUT2D eigenvalue weighted by atomic mass is 32.2. The molecule has 0 bridgehead atoms. The molecule has 6 heteroatoms. The lowest BCUT2D eigenvalue weighted by Gasteiger charge is -2.28. The van der Waals surface area contributed by atoms with Crippen LogP contribution in [-0.2, 0) is 19.4 Å². The van der Waals surface area contributed by atoms with Crippen molar-refractivity contribution >= 4 is 15.7 Å². The van der Waals surface area contributed by atoms with E-state index in [9.17, 15) is 13.2 Å². The molecule has 1 aliphatic rings. The molecule has 3 atom stereocenters. The number of carbonyl (C=O) groups is 1. The molecule has 0 unspecified atom stereocenters. The summed E-state index contributed by atoms with van der Waals surface area (Å²) in [6, 6.07) is 8.77. The van der Waals surface area contributed by atoms with Crippen LogP contribution in [0.1, 0.15) is 38.0 Å². The fourth-order valence-electron chi connectivity index (χ4n) is 3.12. The van der Waals surface area contributed by atoms with Crippen LogP contribution in [0.15, 0.2) is 30.3 Å². The molecule has 23 heavy (non-hydrogen) atoms. The Hall–Kier alpha value is -1.40. The van der Waals surface area contributed by atoms with Gasteiger partial charge in [0.2, 0.25) is 5.91 Å². The van der Waals surface area contributed by atoms with Gasteiger partial charge in [-0.05, 0) is 32.8 Å². The van der Waals surface area contributed by atoms with Crippen molar-refractivity contribution in [1.82, 2.24) is 4.90 Å². The molecule has 1 aromatic carbocycles. The first-order valence-corrected chi connectivity index (χ1v) is 9.72. The highest BCUT2D eigenvalue weighted by Gasteiger charge is 2.45. The van der Waals surface area contributed by atoms with Crippen molar-refractivity contribution in [2.75, 3.05) is 19.7 Å². The Kier molecular flexibility index (Phi) is 5.81. The van der Waals surface area contributed by atoms with Crippen molar-refractivity contribution in [3.8, 4) is 0 Å². The van der Waals surface area contributed by atoms with E-state index in [0.29, 0.717) is 31.7 Å². The van der Waals surface area contributed by atoms with Crippen molar-refractivity contribution in [2.24, 2.45) is 0 Å². The van der Waals surface area contributed by atoms with Gasteiger partial charge >= 0.3 is 0 Å². The Morgan fingerprint density at radius 3 is 2.35 bits per heavy atom. The van der Waals surface area contributed by atoms with Crippen LogP contribution in [-0.4, -0.2) is 50.3 Å². The molecule has 0 spiro atoms. The second-order valence-corrected chi connectivity index (χ2v) is 8.05. The van der Waals surface area contributed by atoms with E-state index in [0.717, 1.165) is 0 Å². The summed E-state index contributed by atoms with van der Waals surface area (Å²) in [5.41, 5.74) is 0.531. The Bertz CT molecular complexity index is 625. The zero-order valence-corrected chi connectivity index (χ0v) is 14.8. The van der Waals surface area contributed by atoms with Gasteiger partial charge in [-0.15, -0.1) is 0 Å². The highest BCUT2D eigenvalue weighted by molar-refractivity contribution is 7.93. The van der Waals surface area contributed by atoms with Crippen LogP contribution in [0.3, 0.4) is 0 Å². The predicted molar refractivity (Wildman–Crippen MR) is 89.8 cm³/mol. The van der Waals surface area contributed by atoms with Gasteiger partial charge in [0.1, 0.15) is 0 Å². The zero-order chi connectivity index (χ0) is 17.0. The maximum atomic E-state index is 13.2. The van der Waals surface area contributed by atoms with Crippen LogP contribution in [0.2, 0.25) is 0 Å². The highest BCUT2D eigenvalue weighted by Crippen LogP contribution is 2.33. The molecular weight excluding hydrogens is 314 g/mol. The molecule has 0 aliphatic carbocycles. The van der Waals surface area contributed by atoms with E-state index in [4.69, 9.17) is 4.74 Å². The second kappa shape index (κ2) is 7.45. The Morgan fingerprint density at radius 1 is 1.26 bits per heavy atom. The summed E-state index contributed by atoms with van der Waals surface area (Å²) in [6.07, 6.45) is 0.0639. The zero-order valence-electron chi connectivity index (χ0n) is 13.9. The molecule has 0 saturated carbocycles. The lowest BCUT2D eigenvalue weighted by atomic mass is 10.1. The molecular formula is C17H25NO4S. The number of ether oxygens (including phenoxy) is 1. The lowest BCUT2D eigenvalue weighted by Crippen LogP contribution is -2.42. The number of carbonyl (C=O) groups excluding carboxylic acids is 1. The SMILES string of the molecule is CCN(CC)C(=O)[C@H](c1ccccc1)S(=O)(=O)[C@H]1CCO[C@@H]1C. The van der Waals surface area contributed by atoms with Gasteiger partial charge in [-0.1, -0.05) is 30.3 Å². The number of likely N-dealkylation sites (N-methyl/N-ethyl adjacent to an activating group) is 1. The summed E-state index contributed by atoms with van der Waals surface area (Å²) >= 11 is 0. The summed E-state index contributed by atoms with van der Waals surface area (Å²) in [7, 11) is -3.68. The minimum atomic E-state index is -3.68. The maximum Gasteiger partial charge on any atom is 0.245 e. The van der Waals surface area contributed by atoms with Gasteiger partial charge in [0.25, 0.3) is 0 Å². The standard InChI is InChI=1S/C17H25NO4S/c1-4-18(5-2)17(19)16(14-9-7-6-8-10-14)23(20,21)15-11-12-22-13(15)3/h6-10,13,15-16H,4-5,11-12H2,1-3H3/t13-,15+,16+/m1/s1. The van der Waals surface area contributed by atoms with E-state index in [-0.39, 0.29) is 12.0 Å². The number of hydrogen-bond donors (Lipinski definition) is 0. The molecule has 0 radical (unpaired) electrons. The van der Waals surface area contributed by atoms with Crippen LogP contribution in [0, 0.1) is 0 Å². The van der Waals surface area contributed by atoms with Crippen molar-refractivity contribution < 1.29 is 17.9 Å². The topological polar surface area (TPSA) is 63.7 Å². The average Bonchev–Trinajstić information content (AvgIpc) is 2.96. The van der Waals surface area contributed by atoms with Gasteiger partial charge in [-0.3, -0.25) is 4.79 Å². The van der Waals surface area contributed by atoms with E-state index in [1.165, 1.54) is 0 Å². The number of hydrogen-bond acceptors (Lipinski definition) is 4. The monoisotopic (exact) mass is 339 g/mol. The van der Waals surface area contributed by atoms with Gasteiger partial charge in [0, 0.05) is 19.7 Å². The van der Waals surface area contributed by atoms with Gasteiger partial charge in [-0.2, -0.15) is 0 Å². The third kappa shape index (κ3) is 3.58. The molecule has 0 N–H and O–H groups in total. The fourth-order valence-corrected chi connectivity index (χ4v) is 5.47. The van der Waals surface area contributed by atoms with Gasteiger partial charge < -0.3 is 9.64 Å². The first-order chi connectivity index (χ1) is 10.9. The molecule has 0 aromatic heterocycles. The Balaban J connectivity index is 2.47. The van der Waals surface area contributed by atoms with E-state index in [1.54, 1.807) is 36.1 Å². The van der Waals surface area contributed by atoms with Gasteiger partial charge in [-0.25, -0.2) is 8.42 Å². The lowest BCUT2D eigenvalue weighted by molar-refractivity contribution is -0.130. The molecule has 1 aliphatic heterocycles. The van der Waals surface area contributed by atoms with Crippen molar-refractivity contribution in [3.05, 3.63) is 35.9 Å². The minimum absolute atomic E-state index is 0.347. The fraction of sp³-hybridized carbons (Fsp3) is 0.588. The van der Waals surface area contributed by atoms with Gasteiger partial charge in [0.15, 0.2) is 15.1 Å². The van der Waals surface area contributed by atoms with Crippen LogP contribution in [0.4, 0.5) is 0 Å². The molecule has 1 aromatic rings. The average molecular weight is 339 g/mol. The molecule has 1 saturated heterocycles. The summed E-state index contributed by atoms with van der Waals surface area (Å²) in [6.45, 7) is 6.88. The largest absolute Gasteiger partial charge is 0.377 e. The smallest absolute Gasteiger partial charge is 0.245 e. The molecule has 5 nitrogen and oxygen atoms in total. The number of amides is 1. The van der Waals surface area contributed by atoms with E-state index in [1.807, 2.05) is 19.9 Å². The molecule has 1 amide bonds. The maximum absolute atomic E-state index is 13.2. The summed E-state index contributed by atoms with van der Waals surface area (Å²) < 4.78 is 31.8. The van der Waals surface area contributed by atoms with Crippen molar-refractivity contribution in [3.63, 3.8) is 0 Å². The second-order valence-electron chi connectivity index (χ2n) is 5.79. The molecule has 128 valence electrons. The van der Waals surface area contributed by atoms with Crippen LogP contribution >= 0.6 is 0 Å². The minimum Gasteiger partial charge on any atom is -0.377 e. The van der Waals surface area contributed by atoms with Crippen molar-refractivity contribution in [2.45, 2.75) is 43.8 Å². The Labute approximate surface area is 138 Å². The third-order valence-corrected chi connectivity index (χ3v) is 7.05. The first kappa shape index (κ1) is 17.9. The number of benzene rings is 1. The van der Waals surface area contributed by atoms with E-state index >= 15 is 0 Å². The normalized spacial score (nSPS) is 22.7. The molecule has 1 fully saturated rings. The number of rotatable bonds is 6. The summed E-state index contributed by atoms with van der Waals surface area (Å²) in [5, 5.41) is -1.79. The third-order valence-electron chi connectivity index (χ3n) is 4.46. The molecule has 2 rings (SSSR count). The van der Waals surface area contributed by atoms with E-state index < -0.39 is 20.3 Å². The van der Waals surface area contributed by atoms with Crippen LogP contribution in [0.25, 0.3) is 0 Å². The number of nitrogens with zero attached hydrogens (tertiary/aromatic N) is 1. The van der Waals surface area contributed by atoms with Crippen LogP contribution in [0.5, 0.6) is 0 Å². The quantitative estimate of drug-likeness (QED) is 0.797. The summed E-state index contributed by atoms with van der Waals surface area (Å²) in [4.78, 5) is 14.5. The molecule has 1 heterocycles. The van der Waals surface area contributed by atoms with Gasteiger partial charge in [0.05, 0.1) is 11.4 Å². The number of sulfone groups is 1.